The van der Waals surface area contributed by atoms with Crippen LogP contribution in [0.5, 0.6) is 0 Å². The van der Waals surface area contributed by atoms with E-state index in [9.17, 15) is 39.0 Å². The van der Waals surface area contributed by atoms with Gasteiger partial charge in [-0.25, -0.2) is 9.59 Å². The number of cyclic esters (lactones) is 1. The van der Waals surface area contributed by atoms with Crippen LogP contribution < -0.4 is 0 Å². The molecule has 15 atom stereocenters. The Balaban J connectivity index is 1.47. The van der Waals surface area contributed by atoms with Crippen LogP contribution in [-0.2, 0) is 58.8 Å². The van der Waals surface area contributed by atoms with Crippen LogP contribution in [0.2, 0.25) is 0 Å². The summed E-state index contributed by atoms with van der Waals surface area (Å²) in [4.78, 5) is 87.7. The Morgan fingerprint density at radius 1 is 0.886 bits per heavy atom. The Hall–Kier alpha value is -4.84. The highest BCUT2D eigenvalue weighted by Crippen LogP contribution is 2.38. The SMILES string of the molecule is CCCN(C)C(=O)O[C@@H]1CC[C@@H](C[C@@H](C)[C@@H]2CC(=O)[C@H](C)/C=C(\C)[C@@H](O)[C@@H](OC)C(=O)[C@H](C)C[C@H](C)/C=C/C=C/C=C(\C)C(OCCc3ccccc3)C[C@@H]3CC[C@@H](C)[C@@](O)(O3)C(=O)C(=O)N3CCCCC3C(=O)O2)C[C@H]1OC. The lowest BCUT2D eigenvalue weighted by atomic mass is 9.78. The van der Waals surface area contributed by atoms with Crippen molar-refractivity contribution in [1.82, 2.24) is 9.80 Å². The van der Waals surface area contributed by atoms with Crippen LogP contribution in [0.3, 0.4) is 0 Å². The first-order valence-corrected chi connectivity index (χ1v) is 29.1. The molecule has 2 unspecified atom stereocenters. The van der Waals surface area contributed by atoms with Crippen molar-refractivity contribution in [3.63, 3.8) is 0 Å². The minimum Gasteiger partial charge on any atom is -0.460 e. The van der Waals surface area contributed by atoms with E-state index < -0.39 is 95.9 Å². The number of ether oxygens (including phenoxy) is 6. The summed E-state index contributed by atoms with van der Waals surface area (Å²) in [6, 6.07) is 8.80. The molecule has 0 spiro atoms. The minimum atomic E-state index is -2.48. The molecule has 16 nitrogen and oxygen atoms in total. The van der Waals surface area contributed by atoms with E-state index in [0.717, 1.165) is 17.6 Å². The number of esters is 1. The summed E-state index contributed by atoms with van der Waals surface area (Å²) < 4.78 is 36.7. The van der Waals surface area contributed by atoms with Crippen LogP contribution >= 0.6 is 0 Å². The molecule has 3 heterocycles. The fraction of sp³-hybridized carbons (Fsp3) is 0.683. The van der Waals surface area contributed by atoms with Crippen LogP contribution in [0, 0.1) is 35.5 Å². The number of methoxy groups -OCH3 is 2. The van der Waals surface area contributed by atoms with Gasteiger partial charge in [0.15, 0.2) is 5.78 Å². The molecule has 1 saturated carbocycles. The second-order valence-corrected chi connectivity index (χ2v) is 23.2. The maximum atomic E-state index is 14.7. The number of aliphatic hydroxyl groups is 2. The highest BCUT2D eigenvalue weighted by molar-refractivity contribution is 6.39. The third-order valence-electron chi connectivity index (χ3n) is 16.8. The van der Waals surface area contributed by atoms with E-state index >= 15 is 0 Å². The maximum absolute atomic E-state index is 14.7. The van der Waals surface area contributed by atoms with Crippen molar-refractivity contribution in [3.05, 3.63) is 83.5 Å². The Bertz CT molecular complexity index is 2300. The highest BCUT2D eigenvalue weighted by atomic mass is 16.6. The molecular weight excluding hydrogens is 1010 g/mol. The third-order valence-corrected chi connectivity index (χ3v) is 16.8. The molecule has 1 aliphatic carbocycles. The molecular formula is C63H94N2O14. The van der Waals surface area contributed by atoms with Crippen LogP contribution in [-0.4, -0.2) is 151 Å². The Morgan fingerprint density at radius 2 is 1.62 bits per heavy atom. The van der Waals surface area contributed by atoms with Gasteiger partial charge in [-0.15, -0.1) is 0 Å². The fourth-order valence-corrected chi connectivity index (χ4v) is 11.8. The Kier molecular flexibility index (Phi) is 25.8. The number of allylic oxidation sites excluding steroid dienone is 6. The molecule has 2 N–H and O–H groups in total. The van der Waals surface area contributed by atoms with Gasteiger partial charge in [0.1, 0.15) is 36.2 Å². The highest BCUT2D eigenvalue weighted by Gasteiger charge is 2.53. The second kappa shape index (κ2) is 31.4. The molecule has 5 rings (SSSR count). The number of nitrogens with zero attached hydrogens (tertiary/aromatic N) is 2. The van der Waals surface area contributed by atoms with Gasteiger partial charge < -0.3 is 48.4 Å². The van der Waals surface area contributed by atoms with Gasteiger partial charge in [0, 0.05) is 65.0 Å². The van der Waals surface area contributed by atoms with Gasteiger partial charge in [0.2, 0.25) is 5.79 Å². The number of ketones is 3. The fourth-order valence-electron chi connectivity index (χ4n) is 11.8. The van der Waals surface area contributed by atoms with E-state index in [1.807, 2.05) is 95.3 Å². The summed E-state index contributed by atoms with van der Waals surface area (Å²) in [5.41, 5.74) is 2.37. The Morgan fingerprint density at radius 3 is 2.32 bits per heavy atom. The quantitative estimate of drug-likeness (QED) is 0.114. The number of rotatable bonds is 12. The van der Waals surface area contributed by atoms with Gasteiger partial charge >= 0.3 is 12.1 Å². The van der Waals surface area contributed by atoms with E-state index in [4.69, 9.17) is 28.4 Å². The average Bonchev–Trinajstić information content (AvgIpc) is 3.47. The summed E-state index contributed by atoms with van der Waals surface area (Å²) in [6.45, 7) is 15.7. The zero-order chi connectivity index (χ0) is 58.0. The number of fused-ring (bicyclic) bond motifs is 3. The number of aliphatic hydroxyl groups excluding tert-OH is 1. The first-order valence-electron chi connectivity index (χ1n) is 29.1. The summed E-state index contributed by atoms with van der Waals surface area (Å²) >= 11 is 0. The molecule has 2 amide bonds. The molecule has 79 heavy (non-hydrogen) atoms. The smallest absolute Gasteiger partial charge is 0.409 e. The first-order chi connectivity index (χ1) is 37.6. The molecule has 1 aromatic carbocycles. The predicted molar refractivity (Wildman–Crippen MR) is 301 cm³/mol. The number of benzene rings is 1. The van der Waals surface area contributed by atoms with Gasteiger partial charge in [0.25, 0.3) is 11.7 Å². The topological polar surface area (TPSA) is 205 Å². The minimum absolute atomic E-state index is 0.00850. The lowest BCUT2D eigenvalue weighted by Gasteiger charge is -2.43. The summed E-state index contributed by atoms with van der Waals surface area (Å²) in [5, 5.41) is 23.9. The number of amides is 2. The molecule has 1 aromatic rings. The number of hydrogen-bond donors (Lipinski definition) is 2. The van der Waals surface area contributed by atoms with Crippen LogP contribution in [0.4, 0.5) is 4.79 Å². The molecule has 16 heteroatoms. The average molecular weight is 1100 g/mol. The van der Waals surface area contributed by atoms with E-state index in [2.05, 4.69) is 0 Å². The molecule has 2 saturated heterocycles. The largest absolute Gasteiger partial charge is 0.460 e. The molecule has 440 valence electrons. The molecule has 0 aromatic heterocycles. The lowest BCUT2D eigenvalue weighted by Crippen LogP contribution is -2.61. The van der Waals surface area contributed by atoms with Crippen molar-refractivity contribution in [2.45, 2.75) is 200 Å². The van der Waals surface area contributed by atoms with Gasteiger partial charge in [-0.3, -0.25) is 19.2 Å². The second-order valence-electron chi connectivity index (χ2n) is 23.2. The number of Topliss-reactive ketones (excluding diaryl/α,β-unsaturated/α-hetero) is 3. The number of carbonyl (C=O) groups excluding carboxylic acids is 6. The summed E-state index contributed by atoms with van der Waals surface area (Å²) in [5.74, 6) is -8.33. The number of hydrogen-bond acceptors (Lipinski definition) is 14. The van der Waals surface area contributed by atoms with Crippen molar-refractivity contribution in [3.8, 4) is 0 Å². The van der Waals surface area contributed by atoms with E-state index in [1.54, 1.807) is 45.9 Å². The standard InChI is InChI=1S/C63H94N2O14/c1-12-31-64(9)62(72)78-52-29-27-48(37-55(52)74-10)36-43(5)54-39-51(66)42(4)35-45(7)57(68)58(75-11)56(67)44(6)34-40(2)21-15-13-16-22-41(3)53(76-33-30-47-23-17-14-18-24-47)38-49-28-26-46(8)63(73,79-49)59(69)60(70)65-32-20-19-25-50(65)61(71)77-54/h13-18,21-24,35,40,42-44,46,48-50,52-55,57-58,68,73H,12,19-20,25-34,36-39H2,1-11H3/b16-13+,21-15+,41-22+,45-35+/t40-,42-,43-,44-,46-,48+,49+,50?,52-,53?,54+,55-,57-,58+,63-/m1/s1. The van der Waals surface area contributed by atoms with Crippen LogP contribution in [0.1, 0.15) is 144 Å². The molecule has 3 aliphatic heterocycles. The van der Waals surface area contributed by atoms with Gasteiger partial charge in [-0.2, -0.15) is 0 Å². The summed E-state index contributed by atoms with van der Waals surface area (Å²) in [6.07, 6.45) is 11.9. The third kappa shape index (κ3) is 18.3. The van der Waals surface area contributed by atoms with Crippen molar-refractivity contribution >= 4 is 35.3 Å². The maximum Gasteiger partial charge on any atom is 0.409 e. The van der Waals surface area contributed by atoms with Gasteiger partial charge in [0.05, 0.1) is 24.9 Å². The van der Waals surface area contributed by atoms with Gasteiger partial charge in [-0.1, -0.05) is 108 Å². The predicted octanol–water partition coefficient (Wildman–Crippen LogP) is 9.28. The van der Waals surface area contributed by atoms with Crippen molar-refractivity contribution in [2.75, 3.05) is 41.0 Å². The van der Waals surface area contributed by atoms with E-state index in [-0.39, 0.29) is 48.9 Å². The van der Waals surface area contributed by atoms with E-state index in [1.165, 1.54) is 12.0 Å². The molecule has 4 aliphatic rings. The van der Waals surface area contributed by atoms with Gasteiger partial charge in [-0.05, 0) is 125 Å². The van der Waals surface area contributed by atoms with Crippen molar-refractivity contribution in [2.24, 2.45) is 35.5 Å². The molecule has 0 radical (unpaired) electrons. The number of piperidine rings is 1. The van der Waals surface area contributed by atoms with Crippen LogP contribution in [0.15, 0.2) is 77.9 Å². The molecule has 3 fully saturated rings. The summed E-state index contributed by atoms with van der Waals surface area (Å²) in [7, 11) is 4.67. The Labute approximate surface area is 470 Å². The van der Waals surface area contributed by atoms with Crippen molar-refractivity contribution in [1.29, 1.82) is 0 Å². The zero-order valence-electron chi connectivity index (χ0n) is 49.1. The lowest BCUT2D eigenvalue weighted by molar-refractivity contribution is -0.266. The normalized spacial score (nSPS) is 35.2. The monoisotopic (exact) mass is 1100 g/mol. The van der Waals surface area contributed by atoms with E-state index in [0.29, 0.717) is 89.4 Å². The van der Waals surface area contributed by atoms with Crippen molar-refractivity contribution < 1.29 is 67.4 Å². The zero-order valence-corrected chi connectivity index (χ0v) is 49.1. The number of carbonyl (C=O) groups is 6. The first kappa shape index (κ1) is 65.0. The molecule has 2 bridgehead atoms. The van der Waals surface area contributed by atoms with Crippen LogP contribution in [0.25, 0.3) is 0 Å².